The fourth-order valence-electron chi connectivity index (χ4n) is 3.35. The lowest BCUT2D eigenvalue weighted by Gasteiger charge is -2.15. The molecule has 0 N–H and O–H groups in total. The van der Waals surface area contributed by atoms with Gasteiger partial charge in [0.15, 0.2) is 6.61 Å². The van der Waals surface area contributed by atoms with Crippen molar-refractivity contribution in [2.75, 3.05) is 13.1 Å². The number of likely N-dealkylation sites (tertiary alicyclic amines) is 1. The third-order valence-corrected chi connectivity index (χ3v) is 5.99. The summed E-state index contributed by atoms with van der Waals surface area (Å²) in [5, 5.41) is 8.66. The first kappa shape index (κ1) is 20.5. The van der Waals surface area contributed by atoms with Gasteiger partial charge in [-0.15, -0.1) is 10.2 Å². The van der Waals surface area contributed by atoms with E-state index in [1.807, 2.05) is 55.1 Å². The van der Waals surface area contributed by atoms with Gasteiger partial charge in [0.05, 0.1) is 0 Å². The fraction of sp³-hybridized carbons (Fsp3) is 0.348. The highest BCUT2D eigenvalue weighted by molar-refractivity contribution is 7.98. The molecule has 0 aliphatic carbocycles. The molecule has 0 bridgehead atoms. The summed E-state index contributed by atoms with van der Waals surface area (Å²) >= 11 is 1.47. The van der Waals surface area contributed by atoms with Gasteiger partial charge in [-0.05, 0) is 61.6 Å². The second kappa shape index (κ2) is 9.34. The Morgan fingerprint density at radius 3 is 2.63 bits per heavy atom. The highest BCUT2D eigenvalue weighted by Crippen LogP contribution is 2.24. The molecule has 156 valence electrons. The van der Waals surface area contributed by atoms with Crippen molar-refractivity contribution in [2.24, 2.45) is 0 Å². The molecular formula is C23H25N3O3S. The number of amides is 1. The Morgan fingerprint density at radius 1 is 1.10 bits per heavy atom. The van der Waals surface area contributed by atoms with Crippen LogP contribution in [0.3, 0.4) is 0 Å². The van der Waals surface area contributed by atoms with E-state index in [1.54, 1.807) is 0 Å². The SMILES string of the molecule is Cc1ccc(C)c(OCc2nnc(SCc3ccc(C(=O)N4CCCC4)cc3)o2)c1. The van der Waals surface area contributed by atoms with E-state index in [0.29, 0.717) is 16.9 Å². The third-order valence-electron chi connectivity index (χ3n) is 5.10. The molecule has 1 aromatic heterocycles. The molecule has 0 spiro atoms. The molecule has 0 saturated carbocycles. The van der Waals surface area contributed by atoms with Gasteiger partial charge in [0.1, 0.15) is 5.75 Å². The van der Waals surface area contributed by atoms with Crippen LogP contribution in [0.5, 0.6) is 5.75 Å². The minimum Gasteiger partial charge on any atom is -0.484 e. The number of thioether (sulfide) groups is 1. The van der Waals surface area contributed by atoms with Gasteiger partial charge < -0.3 is 14.1 Å². The molecule has 4 rings (SSSR count). The lowest BCUT2D eigenvalue weighted by atomic mass is 10.1. The van der Waals surface area contributed by atoms with Crippen LogP contribution in [0.1, 0.15) is 45.8 Å². The van der Waals surface area contributed by atoms with Crippen LogP contribution in [-0.2, 0) is 12.4 Å². The minimum atomic E-state index is 0.122. The minimum absolute atomic E-state index is 0.122. The topological polar surface area (TPSA) is 68.5 Å². The number of carbonyl (C=O) groups is 1. The first-order valence-corrected chi connectivity index (χ1v) is 11.1. The van der Waals surface area contributed by atoms with Crippen molar-refractivity contribution in [3.63, 3.8) is 0 Å². The lowest BCUT2D eigenvalue weighted by molar-refractivity contribution is 0.0793. The predicted octanol–water partition coefficient (Wildman–Crippen LogP) is 4.79. The molecule has 0 atom stereocenters. The van der Waals surface area contributed by atoms with Crippen molar-refractivity contribution in [2.45, 2.75) is 44.3 Å². The Hall–Kier alpha value is -2.80. The molecule has 6 nitrogen and oxygen atoms in total. The average molecular weight is 424 g/mol. The van der Waals surface area contributed by atoms with E-state index in [1.165, 1.54) is 11.8 Å². The molecule has 0 unspecified atom stereocenters. The van der Waals surface area contributed by atoms with Crippen LogP contribution in [0.25, 0.3) is 0 Å². The predicted molar refractivity (Wildman–Crippen MR) is 116 cm³/mol. The zero-order chi connectivity index (χ0) is 20.9. The number of ether oxygens (including phenoxy) is 1. The molecule has 2 heterocycles. The van der Waals surface area contributed by atoms with Crippen LogP contribution >= 0.6 is 11.8 Å². The quantitative estimate of drug-likeness (QED) is 0.509. The number of rotatable bonds is 7. The van der Waals surface area contributed by atoms with E-state index in [4.69, 9.17) is 9.15 Å². The number of aromatic nitrogens is 2. The number of benzene rings is 2. The van der Waals surface area contributed by atoms with E-state index >= 15 is 0 Å². The maximum Gasteiger partial charge on any atom is 0.277 e. The molecular weight excluding hydrogens is 398 g/mol. The molecule has 3 aromatic rings. The lowest BCUT2D eigenvalue weighted by Crippen LogP contribution is -2.27. The van der Waals surface area contributed by atoms with Crippen LogP contribution < -0.4 is 4.74 Å². The van der Waals surface area contributed by atoms with Crippen molar-refractivity contribution in [3.8, 4) is 5.75 Å². The van der Waals surface area contributed by atoms with Crippen LogP contribution in [0.2, 0.25) is 0 Å². The van der Waals surface area contributed by atoms with Crippen LogP contribution in [0.15, 0.2) is 52.1 Å². The van der Waals surface area contributed by atoms with Crippen molar-refractivity contribution >= 4 is 17.7 Å². The van der Waals surface area contributed by atoms with Crippen molar-refractivity contribution in [1.29, 1.82) is 0 Å². The Morgan fingerprint density at radius 2 is 1.87 bits per heavy atom. The summed E-state index contributed by atoms with van der Waals surface area (Å²) in [6.45, 7) is 6.01. The van der Waals surface area contributed by atoms with E-state index in [2.05, 4.69) is 16.3 Å². The van der Waals surface area contributed by atoms with Crippen molar-refractivity contribution in [1.82, 2.24) is 15.1 Å². The van der Waals surface area contributed by atoms with Gasteiger partial charge in [0, 0.05) is 24.4 Å². The highest BCUT2D eigenvalue weighted by atomic mass is 32.2. The summed E-state index contributed by atoms with van der Waals surface area (Å²) in [5.74, 6) is 2.09. The van der Waals surface area contributed by atoms with E-state index in [0.717, 1.165) is 53.9 Å². The first-order valence-electron chi connectivity index (χ1n) is 10.1. The summed E-state index contributed by atoms with van der Waals surface area (Å²) in [7, 11) is 0. The highest BCUT2D eigenvalue weighted by Gasteiger charge is 2.19. The van der Waals surface area contributed by atoms with Gasteiger partial charge in [-0.25, -0.2) is 0 Å². The monoisotopic (exact) mass is 423 g/mol. The van der Waals surface area contributed by atoms with Crippen molar-refractivity contribution < 1.29 is 13.9 Å². The molecule has 1 aliphatic rings. The number of hydrogen-bond acceptors (Lipinski definition) is 6. The van der Waals surface area contributed by atoms with Crippen LogP contribution in [0.4, 0.5) is 0 Å². The average Bonchev–Trinajstić information content (AvgIpc) is 3.45. The second-order valence-electron chi connectivity index (χ2n) is 7.50. The molecule has 0 radical (unpaired) electrons. The van der Waals surface area contributed by atoms with E-state index < -0.39 is 0 Å². The van der Waals surface area contributed by atoms with E-state index in [9.17, 15) is 4.79 Å². The van der Waals surface area contributed by atoms with Gasteiger partial charge in [-0.1, -0.05) is 36.0 Å². The summed E-state index contributed by atoms with van der Waals surface area (Å²) in [5.41, 5.74) is 4.06. The summed E-state index contributed by atoms with van der Waals surface area (Å²) < 4.78 is 11.5. The summed E-state index contributed by atoms with van der Waals surface area (Å²) in [4.78, 5) is 14.3. The standard InChI is InChI=1S/C23H25N3O3S/c1-16-5-6-17(2)20(13-16)28-14-21-24-25-23(29-21)30-15-18-7-9-19(10-8-18)22(27)26-11-3-4-12-26/h5-10,13H,3-4,11-12,14-15H2,1-2H3. The summed E-state index contributed by atoms with van der Waals surface area (Å²) in [6.07, 6.45) is 2.20. The zero-order valence-electron chi connectivity index (χ0n) is 17.3. The molecule has 1 amide bonds. The number of aryl methyl sites for hydroxylation is 2. The number of nitrogens with zero attached hydrogens (tertiary/aromatic N) is 3. The first-order chi connectivity index (χ1) is 14.6. The van der Waals surface area contributed by atoms with Gasteiger partial charge in [0.25, 0.3) is 17.0 Å². The largest absolute Gasteiger partial charge is 0.484 e. The Bertz CT molecular complexity index is 1010. The normalized spacial score (nSPS) is 13.6. The number of hydrogen-bond donors (Lipinski definition) is 0. The van der Waals surface area contributed by atoms with Gasteiger partial charge in [-0.3, -0.25) is 4.79 Å². The third kappa shape index (κ3) is 5.02. The summed E-state index contributed by atoms with van der Waals surface area (Å²) in [6, 6.07) is 13.8. The second-order valence-corrected chi connectivity index (χ2v) is 8.43. The van der Waals surface area contributed by atoms with Crippen LogP contribution in [0, 0.1) is 13.8 Å². The van der Waals surface area contributed by atoms with E-state index in [-0.39, 0.29) is 12.5 Å². The Kier molecular flexibility index (Phi) is 6.38. The molecule has 1 fully saturated rings. The smallest absolute Gasteiger partial charge is 0.277 e. The van der Waals surface area contributed by atoms with Gasteiger partial charge in [-0.2, -0.15) is 0 Å². The molecule has 30 heavy (non-hydrogen) atoms. The van der Waals surface area contributed by atoms with Gasteiger partial charge >= 0.3 is 0 Å². The zero-order valence-corrected chi connectivity index (χ0v) is 18.1. The molecule has 7 heteroatoms. The van der Waals surface area contributed by atoms with Crippen molar-refractivity contribution in [3.05, 3.63) is 70.6 Å². The molecule has 2 aromatic carbocycles. The number of carbonyl (C=O) groups excluding carboxylic acids is 1. The Labute approximate surface area is 180 Å². The van der Waals surface area contributed by atoms with Crippen LogP contribution in [-0.4, -0.2) is 34.1 Å². The maximum atomic E-state index is 12.4. The van der Waals surface area contributed by atoms with Gasteiger partial charge in [0.2, 0.25) is 0 Å². The fourth-order valence-corrected chi connectivity index (χ4v) is 4.08. The maximum absolute atomic E-state index is 12.4. The Balaban J connectivity index is 1.29. The molecule has 1 saturated heterocycles. The molecule has 1 aliphatic heterocycles.